The third kappa shape index (κ3) is 4.05. The Labute approximate surface area is 130 Å². The van der Waals surface area contributed by atoms with Crippen molar-refractivity contribution in [2.75, 3.05) is 12.8 Å². The number of rotatable bonds is 3. The van der Waals surface area contributed by atoms with E-state index in [4.69, 9.17) is 5.11 Å². The summed E-state index contributed by atoms with van der Waals surface area (Å²) in [5, 5.41) is 12.8. The van der Waals surface area contributed by atoms with Gasteiger partial charge in [-0.3, -0.25) is 4.79 Å². The predicted molar refractivity (Wildman–Crippen MR) is 84.6 cm³/mol. The number of nitrogens with zero attached hydrogens (tertiary/aromatic N) is 1. The van der Waals surface area contributed by atoms with Crippen LogP contribution in [0.25, 0.3) is 0 Å². The minimum Gasteiger partial charge on any atom is -0.481 e. The molecular weight excluding hydrogens is 288 g/mol. The molecule has 0 spiro atoms. The average Bonchev–Trinajstić information content (AvgIpc) is 2.47. The average molecular weight is 314 g/mol. The highest BCUT2D eigenvalue weighted by molar-refractivity contribution is 7.99. The second-order valence-electron chi connectivity index (χ2n) is 6.22. The molecule has 0 aromatic carbocycles. The van der Waals surface area contributed by atoms with Crippen molar-refractivity contribution in [1.82, 2.24) is 10.2 Å². The fraction of sp³-hybridized carbons (Fsp3) is 0.867. The molecule has 1 saturated heterocycles. The number of hydrogen-bond donors (Lipinski definition) is 2. The Bertz CT molecular complexity index is 391. The third-order valence-corrected chi connectivity index (χ3v) is 5.97. The molecule has 4 atom stereocenters. The van der Waals surface area contributed by atoms with Gasteiger partial charge in [0.2, 0.25) is 0 Å². The highest BCUT2D eigenvalue weighted by atomic mass is 32.2. The standard InChI is InChI=1S/C15H26N2O3S/c1-10-9-11(14(18)19)7-8-17(10)15(20)16-12-5-3-4-6-13(12)21-2/h10-13H,3-9H2,1-2H3,(H,16,20)(H,18,19). The van der Waals surface area contributed by atoms with Gasteiger partial charge in [-0.15, -0.1) is 0 Å². The monoisotopic (exact) mass is 314 g/mol. The van der Waals surface area contributed by atoms with E-state index in [1.54, 1.807) is 0 Å². The first-order valence-corrected chi connectivity index (χ1v) is 9.14. The second kappa shape index (κ2) is 7.38. The summed E-state index contributed by atoms with van der Waals surface area (Å²) < 4.78 is 0. The van der Waals surface area contributed by atoms with Crippen molar-refractivity contribution >= 4 is 23.8 Å². The number of carboxylic acids is 1. The van der Waals surface area contributed by atoms with E-state index < -0.39 is 5.97 Å². The Morgan fingerprint density at radius 1 is 1.24 bits per heavy atom. The Morgan fingerprint density at radius 3 is 2.57 bits per heavy atom. The molecule has 2 amide bonds. The van der Waals surface area contributed by atoms with E-state index >= 15 is 0 Å². The molecule has 2 fully saturated rings. The quantitative estimate of drug-likeness (QED) is 0.840. The Morgan fingerprint density at radius 2 is 1.95 bits per heavy atom. The Hall–Kier alpha value is -0.910. The van der Waals surface area contributed by atoms with E-state index in [-0.39, 0.29) is 24.0 Å². The fourth-order valence-electron chi connectivity index (χ4n) is 3.48. The minimum absolute atomic E-state index is 0.00355. The van der Waals surface area contributed by atoms with Crippen LogP contribution in [-0.2, 0) is 4.79 Å². The van der Waals surface area contributed by atoms with Gasteiger partial charge in [0.1, 0.15) is 0 Å². The summed E-state index contributed by atoms with van der Waals surface area (Å²) in [6.45, 7) is 2.49. The van der Waals surface area contributed by atoms with Gasteiger partial charge < -0.3 is 15.3 Å². The number of carboxylic acid groups (broad SMARTS) is 1. The lowest BCUT2D eigenvalue weighted by Gasteiger charge is -2.39. The number of carbonyl (C=O) groups excluding carboxylic acids is 1. The van der Waals surface area contributed by atoms with E-state index in [0.29, 0.717) is 24.6 Å². The van der Waals surface area contributed by atoms with Crippen LogP contribution in [0.2, 0.25) is 0 Å². The zero-order chi connectivity index (χ0) is 15.4. The number of hydrogen-bond acceptors (Lipinski definition) is 3. The minimum atomic E-state index is -0.739. The zero-order valence-corrected chi connectivity index (χ0v) is 13.7. The highest BCUT2D eigenvalue weighted by Gasteiger charge is 2.34. The van der Waals surface area contributed by atoms with E-state index in [9.17, 15) is 9.59 Å². The number of nitrogens with one attached hydrogen (secondary N) is 1. The second-order valence-corrected chi connectivity index (χ2v) is 7.29. The molecule has 1 heterocycles. The van der Waals surface area contributed by atoms with Crippen LogP contribution in [0.5, 0.6) is 0 Å². The van der Waals surface area contributed by atoms with Crippen LogP contribution in [0.3, 0.4) is 0 Å². The molecule has 2 rings (SSSR count). The fourth-order valence-corrected chi connectivity index (χ4v) is 4.42. The summed E-state index contributed by atoms with van der Waals surface area (Å²) in [5.74, 6) is -1.05. The van der Waals surface area contributed by atoms with E-state index in [0.717, 1.165) is 6.42 Å². The molecule has 0 aromatic rings. The first-order valence-electron chi connectivity index (χ1n) is 7.85. The number of piperidine rings is 1. The number of amides is 2. The molecule has 5 nitrogen and oxygen atoms in total. The van der Waals surface area contributed by atoms with E-state index in [1.165, 1.54) is 19.3 Å². The maximum absolute atomic E-state index is 12.5. The summed E-state index contributed by atoms with van der Waals surface area (Å²) in [4.78, 5) is 25.3. The van der Waals surface area contributed by atoms with E-state index in [2.05, 4.69) is 11.6 Å². The van der Waals surface area contributed by atoms with Gasteiger partial charge in [0.05, 0.1) is 5.92 Å². The summed E-state index contributed by atoms with van der Waals surface area (Å²) in [7, 11) is 0. The molecule has 6 heteroatoms. The molecule has 2 aliphatic rings. The van der Waals surface area contributed by atoms with Crippen molar-refractivity contribution in [2.24, 2.45) is 5.92 Å². The van der Waals surface area contributed by atoms with Crippen molar-refractivity contribution in [1.29, 1.82) is 0 Å². The van der Waals surface area contributed by atoms with Crippen LogP contribution >= 0.6 is 11.8 Å². The Kier molecular flexibility index (Phi) is 5.79. The lowest BCUT2D eigenvalue weighted by atomic mass is 9.91. The molecule has 1 saturated carbocycles. The molecule has 0 radical (unpaired) electrons. The van der Waals surface area contributed by atoms with Gasteiger partial charge in [0.15, 0.2) is 0 Å². The number of thioether (sulfide) groups is 1. The van der Waals surface area contributed by atoms with Crippen molar-refractivity contribution in [3.63, 3.8) is 0 Å². The molecule has 0 aromatic heterocycles. The Balaban J connectivity index is 1.89. The number of aliphatic carboxylic acids is 1. The zero-order valence-electron chi connectivity index (χ0n) is 12.9. The van der Waals surface area contributed by atoms with E-state index in [1.807, 2.05) is 23.6 Å². The molecule has 21 heavy (non-hydrogen) atoms. The van der Waals surface area contributed by atoms with Crippen LogP contribution in [0.4, 0.5) is 4.79 Å². The molecule has 1 aliphatic heterocycles. The number of urea groups is 1. The van der Waals surface area contributed by atoms with Gasteiger partial charge >= 0.3 is 12.0 Å². The third-order valence-electron chi connectivity index (χ3n) is 4.80. The van der Waals surface area contributed by atoms with Crippen LogP contribution in [0.1, 0.15) is 45.4 Å². The largest absolute Gasteiger partial charge is 0.481 e. The first-order chi connectivity index (χ1) is 10.0. The van der Waals surface area contributed by atoms with Crippen LogP contribution in [-0.4, -0.2) is 52.1 Å². The lowest BCUT2D eigenvalue weighted by Crippen LogP contribution is -2.54. The molecule has 1 aliphatic carbocycles. The highest BCUT2D eigenvalue weighted by Crippen LogP contribution is 2.28. The van der Waals surface area contributed by atoms with Crippen LogP contribution in [0.15, 0.2) is 0 Å². The van der Waals surface area contributed by atoms with Gasteiger partial charge in [0, 0.05) is 23.9 Å². The summed E-state index contributed by atoms with van der Waals surface area (Å²) >= 11 is 1.84. The van der Waals surface area contributed by atoms with Crippen molar-refractivity contribution in [3.05, 3.63) is 0 Å². The summed E-state index contributed by atoms with van der Waals surface area (Å²) in [5.41, 5.74) is 0. The maximum atomic E-state index is 12.5. The molecule has 0 bridgehead atoms. The van der Waals surface area contributed by atoms with Gasteiger partial charge in [-0.25, -0.2) is 4.79 Å². The number of likely N-dealkylation sites (tertiary alicyclic amines) is 1. The van der Waals surface area contributed by atoms with Crippen molar-refractivity contribution < 1.29 is 14.7 Å². The van der Waals surface area contributed by atoms with Gasteiger partial charge in [-0.05, 0) is 38.9 Å². The number of carbonyl (C=O) groups is 2. The van der Waals surface area contributed by atoms with Crippen LogP contribution < -0.4 is 5.32 Å². The SMILES string of the molecule is CSC1CCCCC1NC(=O)N1CCC(C(=O)O)CC1C. The predicted octanol–water partition coefficient (Wildman–Crippen LogP) is 2.56. The van der Waals surface area contributed by atoms with Gasteiger partial charge in [-0.2, -0.15) is 11.8 Å². The van der Waals surface area contributed by atoms with Crippen molar-refractivity contribution in [3.8, 4) is 0 Å². The topological polar surface area (TPSA) is 69.6 Å². The van der Waals surface area contributed by atoms with Gasteiger partial charge in [0.25, 0.3) is 0 Å². The molecular formula is C15H26N2O3S. The van der Waals surface area contributed by atoms with Crippen LogP contribution in [0, 0.1) is 5.92 Å². The molecule has 120 valence electrons. The first kappa shape index (κ1) is 16.5. The lowest BCUT2D eigenvalue weighted by molar-refractivity contribution is -0.143. The summed E-state index contributed by atoms with van der Waals surface area (Å²) in [6, 6.07) is 0.235. The summed E-state index contributed by atoms with van der Waals surface area (Å²) in [6.07, 6.45) is 7.87. The normalized spacial score (nSPS) is 33.5. The molecule has 4 unspecified atom stereocenters. The molecule has 2 N–H and O–H groups in total. The smallest absolute Gasteiger partial charge is 0.317 e. The van der Waals surface area contributed by atoms with Gasteiger partial charge in [-0.1, -0.05) is 12.8 Å². The van der Waals surface area contributed by atoms with Crippen molar-refractivity contribution in [2.45, 2.75) is 62.8 Å². The maximum Gasteiger partial charge on any atom is 0.317 e.